The van der Waals surface area contributed by atoms with Gasteiger partial charge in [0.2, 0.25) is 11.8 Å². The zero-order valence-electron chi connectivity index (χ0n) is 14.3. The number of rotatable bonds is 3. The summed E-state index contributed by atoms with van der Waals surface area (Å²) in [6.07, 6.45) is 2.20. The van der Waals surface area contributed by atoms with Crippen LogP contribution in [-0.2, 0) is 9.59 Å². The lowest BCUT2D eigenvalue weighted by atomic mass is 10.1. The Balaban J connectivity index is 1.63. The van der Waals surface area contributed by atoms with Crippen LogP contribution in [0.4, 0.5) is 0 Å². The van der Waals surface area contributed by atoms with Gasteiger partial charge in [0.05, 0.1) is 38.9 Å². The van der Waals surface area contributed by atoms with Gasteiger partial charge in [0, 0.05) is 6.42 Å². The molecule has 6 heteroatoms. The quantitative estimate of drug-likeness (QED) is 0.781. The fraction of sp³-hybridized carbons (Fsp3) is 0.444. The molecular formula is C18H25N4O2+. The van der Waals surface area contributed by atoms with Crippen molar-refractivity contribution in [1.82, 2.24) is 15.3 Å². The molecule has 1 fully saturated rings. The highest BCUT2D eigenvalue weighted by molar-refractivity contribution is 5.88. The number of aryl methyl sites for hydroxylation is 1. The molecule has 2 heterocycles. The number of hydrazine groups is 1. The fourth-order valence-corrected chi connectivity index (χ4v) is 2.97. The summed E-state index contributed by atoms with van der Waals surface area (Å²) >= 11 is 0. The number of piperazine rings is 1. The van der Waals surface area contributed by atoms with E-state index in [0.29, 0.717) is 6.42 Å². The topological polar surface area (TPSA) is 57.1 Å². The van der Waals surface area contributed by atoms with Crippen LogP contribution in [0.2, 0.25) is 0 Å². The monoisotopic (exact) mass is 329 g/mol. The average molecular weight is 329 g/mol. The van der Waals surface area contributed by atoms with Crippen LogP contribution in [0.15, 0.2) is 30.3 Å². The number of likely N-dealkylation sites (N-methyl/N-ethyl adjacent to an activating group) is 1. The zero-order valence-corrected chi connectivity index (χ0v) is 14.3. The summed E-state index contributed by atoms with van der Waals surface area (Å²) in [7, 11) is 2.14. The Kier molecular flexibility index (Phi) is 4.85. The van der Waals surface area contributed by atoms with Gasteiger partial charge in [0.25, 0.3) is 0 Å². The number of hydrogen-bond acceptors (Lipinski definition) is 3. The predicted molar refractivity (Wildman–Crippen MR) is 91.8 cm³/mol. The van der Waals surface area contributed by atoms with E-state index in [1.807, 2.05) is 42.2 Å². The van der Waals surface area contributed by atoms with Crippen LogP contribution in [0.1, 0.15) is 17.5 Å². The Morgan fingerprint density at radius 2 is 1.88 bits per heavy atom. The number of amides is 2. The summed E-state index contributed by atoms with van der Waals surface area (Å²) in [5, 5.41) is 1.45. The third kappa shape index (κ3) is 3.76. The maximum atomic E-state index is 12.5. The molecule has 3 rings (SSSR count). The second kappa shape index (κ2) is 7.05. The highest BCUT2D eigenvalue weighted by Crippen LogP contribution is 2.18. The van der Waals surface area contributed by atoms with E-state index in [4.69, 9.17) is 0 Å². The first-order valence-corrected chi connectivity index (χ1v) is 8.46. The zero-order chi connectivity index (χ0) is 17.1. The van der Waals surface area contributed by atoms with Gasteiger partial charge < -0.3 is 9.80 Å². The van der Waals surface area contributed by atoms with Crippen LogP contribution in [0.5, 0.6) is 0 Å². The molecule has 1 aromatic rings. The van der Waals surface area contributed by atoms with Crippen molar-refractivity contribution in [3.63, 3.8) is 0 Å². The van der Waals surface area contributed by atoms with Crippen molar-refractivity contribution in [2.75, 3.05) is 39.8 Å². The van der Waals surface area contributed by atoms with Gasteiger partial charge in [-0.2, -0.15) is 0 Å². The van der Waals surface area contributed by atoms with Gasteiger partial charge in [-0.3, -0.25) is 15.0 Å². The van der Waals surface area contributed by atoms with Gasteiger partial charge in [-0.05, 0) is 18.6 Å². The molecule has 0 spiro atoms. The Labute approximate surface area is 142 Å². The first-order valence-electron chi connectivity index (χ1n) is 8.46. The molecule has 0 bridgehead atoms. The molecule has 1 aromatic carbocycles. The van der Waals surface area contributed by atoms with E-state index >= 15 is 0 Å². The lowest BCUT2D eigenvalue weighted by molar-refractivity contribution is -0.883. The van der Waals surface area contributed by atoms with E-state index in [1.54, 1.807) is 0 Å². The van der Waals surface area contributed by atoms with Crippen molar-refractivity contribution in [2.24, 2.45) is 0 Å². The maximum Gasteiger partial charge on any atom is 0.245 e. The van der Waals surface area contributed by atoms with Gasteiger partial charge in [-0.1, -0.05) is 29.8 Å². The molecule has 128 valence electrons. The minimum atomic E-state index is -0.0704. The second-order valence-electron chi connectivity index (χ2n) is 6.62. The Hall–Kier alpha value is -2.34. The molecule has 0 aromatic heterocycles. The third-order valence-corrected chi connectivity index (χ3v) is 4.66. The lowest BCUT2D eigenvalue weighted by Gasteiger charge is -2.33. The first kappa shape index (κ1) is 16.5. The fourth-order valence-electron chi connectivity index (χ4n) is 2.97. The largest absolute Gasteiger partial charge is 0.334 e. The van der Waals surface area contributed by atoms with Crippen molar-refractivity contribution >= 4 is 17.5 Å². The van der Waals surface area contributed by atoms with E-state index in [2.05, 4.69) is 12.5 Å². The summed E-state index contributed by atoms with van der Waals surface area (Å²) in [5.41, 5.74) is 6.20. The molecule has 0 radical (unpaired) electrons. The molecule has 0 saturated carbocycles. The van der Waals surface area contributed by atoms with Crippen LogP contribution in [0, 0.1) is 6.92 Å². The lowest BCUT2D eigenvalue weighted by Crippen LogP contribution is -3.12. The molecule has 0 atom stereocenters. The first-order chi connectivity index (χ1) is 11.5. The van der Waals surface area contributed by atoms with Crippen molar-refractivity contribution in [2.45, 2.75) is 13.3 Å². The van der Waals surface area contributed by atoms with Crippen LogP contribution in [0.3, 0.4) is 0 Å². The van der Waals surface area contributed by atoms with E-state index in [9.17, 15) is 9.59 Å². The number of benzene rings is 1. The van der Waals surface area contributed by atoms with Crippen molar-refractivity contribution in [3.8, 4) is 0 Å². The standard InChI is InChI=1S/C18H24N4O2/c1-14-3-5-15(6-4-14)16-7-8-17(23)22(19-16)13-18(24)21-11-9-20(2)10-12-21/h3-7,19H,8-13H2,1-2H3/p+1. The molecule has 2 aliphatic rings. The smallest absolute Gasteiger partial charge is 0.245 e. The minimum Gasteiger partial charge on any atom is -0.334 e. The second-order valence-corrected chi connectivity index (χ2v) is 6.62. The van der Waals surface area contributed by atoms with E-state index in [0.717, 1.165) is 37.4 Å². The van der Waals surface area contributed by atoms with Gasteiger partial charge in [0.15, 0.2) is 0 Å². The summed E-state index contributed by atoms with van der Waals surface area (Å²) < 4.78 is 0. The normalized spacial score (nSPS) is 19.1. The summed E-state index contributed by atoms with van der Waals surface area (Å²) in [6, 6.07) is 8.12. The van der Waals surface area contributed by atoms with Crippen molar-refractivity contribution < 1.29 is 14.5 Å². The molecular weight excluding hydrogens is 304 g/mol. The van der Waals surface area contributed by atoms with Gasteiger partial charge >= 0.3 is 0 Å². The molecule has 0 unspecified atom stereocenters. The number of quaternary nitrogens is 1. The average Bonchev–Trinajstić information content (AvgIpc) is 2.58. The summed E-state index contributed by atoms with van der Waals surface area (Å²) in [5.74, 6) is -0.0625. The van der Waals surface area contributed by atoms with Crippen LogP contribution >= 0.6 is 0 Å². The summed E-state index contributed by atoms with van der Waals surface area (Å²) in [6.45, 7) is 5.56. The molecule has 6 nitrogen and oxygen atoms in total. The molecule has 2 aliphatic heterocycles. The predicted octanol–water partition coefficient (Wildman–Crippen LogP) is -0.570. The molecule has 0 aliphatic carbocycles. The maximum absolute atomic E-state index is 12.5. The van der Waals surface area contributed by atoms with Crippen LogP contribution in [0.25, 0.3) is 5.70 Å². The molecule has 1 saturated heterocycles. The number of nitrogens with zero attached hydrogens (tertiary/aromatic N) is 2. The Morgan fingerprint density at radius 1 is 1.21 bits per heavy atom. The van der Waals surface area contributed by atoms with Crippen molar-refractivity contribution in [1.29, 1.82) is 0 Å². The van der Waals surface area contributed by atoms with E-state index < -0.39 is 0 Å². The molecule has 24 heavy (non-hydrogen) atoms. The van der Waals surface area contributed by atoms with Gasteiger partial charge in [-0.15, -0.1) is 0 Å². The Bertz CT molecular complexity index is 645. The van der Waals surface area contributed by atoms with Crippen molar-refractivity contribution in [3.05, 3.63) is 41.5 Å². The summed E-state index contributed by atoms with van der Waals surface area (Å²) in [4.78, 5) is 27.9. The number of nitrogens with one attached hydrogen (secondary N) is 2. The SMILES string of the molecule is Cc1ccc(C2=CCC(=O)N(CC(=O)N3CC[NH+](C)CC3)N2)cc1. The molecule has 2 amide bonds. The van der Waals surface area contributed by atoms with E-state index in [1.165, 1.54) is 15.5 Å². The number of carbonyl (C=O) groups excluding carboxylic acids is 2. The highest BCUT2D eigenvalue weighted by Gasteiger charge is 2.27. The minimum absolute atomic E-state index is 0.00788. The number of carbonyl (C=O) groups is 2. The highest BCUT2D eigenvalue weighted by atomic mass is 16.2. The van der Waals surface area contributed by atoms with E-state index in [-0.39, 0.29) is 18.4 Å². The van der Waals surface area contributed by atoms with Crippen LogP contribution in [-0.4, -0.2) is 61.5 Å². The number of hydrogen-bond donors (Lipinski definition) is 2. The third-order valence-electron chi connectivity index (χ3n) is 4.66. The van der Waals surface area contributed by atoms with Gasteiger partial charge in [-0.25, -0.2) is 5.01 Å². The van der Waals surface area contributed by atoms with Gasteiger partial charge in [0.1, 0.15) is 6.54 Å². The van der Waals surface area contributed by atoms with Crippen LogP contribution < -0.4 is 10.3 Å². The molecule has 2 N–H and O–H groups in total. The Morgan fingerprint density at radius 3 is 2.54 bits per heavy atom.